The predicted octanol–water partition coefficient (Wildman–Crippen LogP) is 2.78. The van der Waals surface area contributed by atoms with Gasteiger partial charge in [-0.1, -0.05) is 19.8 Å². The van der Waals surface area contributed by atoms with Crippen molar-refractivity contribution in [3.63, 3.8) is 0 Å². The van der Waals surface area contributed by atoms with Gasteiger partial charge < -0.3 is 16.4 Å². The van der Waals surface area contributed by atoms with Crippen LogP contribution >= 0.6 is 0 Å². The van der Waals surface area contributed by atoms with Crippen molar-refractivity contribution in [1.82, 2.24) is 10.3 Å². The summed E-state index contributed by atoms with van der Waals surface area (Å²) in [6.45, 7) is 2.19. The molecule has 0 bridgehead atoms. The van der Waals surface area contributed by atoms with E-state index in [-0.39, 0.29) is 30.5 Å². The van der Waals surface area contributed by atoms with Crippen LogP contribution in [0.15, 0.2) is 18.3 Å². The van der Waals surface area contributed by atoms with E-state index in [1.165, 1.54) is 6.20 Å². The first-order valence-corrected chi connectivity index (χ1v) is 10.0. The van der Waals surface area contributed by atoms with Crippen LogP contribution in [0.25, 0.3) is 0 Å². The Morgan fingerprint density at radius 2 is 2.03 bits per heavy atom. The van der Waals surface area contributed by atoms with E-state index in [1.54, 1.807) is 12.1 Å². The number of nitrogens with one attached hydrogen (secondary N) is 2. The first kappa shape index (κ1) is 21.5. The third kappa shape index (κ3) is 5.46. The Morgan fingerprint density at radius 1 is 1.34 bits per heavy atom. The number of anilines is 1. The highest BCUT2D eigenvalue weighted by atomic mass is 19.4. The minimum atomic E-state index is -4.45. The monoisotopic (exact) mass is 412 g/mol. The minimum Gasteiger partial charge on any atom is -0.344 e. The number of pyridine rings is 1. The van der Waals surface area contributed by atoms with Gasteiger partial charge >= 0.3 is 6.18 Å². The van der Waals surface area contributed by atoms with Crippen LogP contribution in [0.5, 0.6) is 0 Å². The summed E-state index contributed by atoms with van der Waals surface area (Å²) in [5.41, 5.74) is 6.77. The number of rotatable bonds is 5. The number of hydrogen-bond acceptors (Lipinski definition) is 4. The van der Waals surface area contributed by atoms with Gasteiger partial charge in [0.05, 0.1) is 6.04 Å². The number of halogens is 3. The van der Waals surface area contributed by atoms with Crippen molar-refractivity contribution in [2.75, 3.05) is 5.32 Å². The minimum absolute atomic E-state index is 0.135. The number of aromatic nitrogens is 1. The fourth-order valence-electron chi connectivity index (χ4n) is 4.15. The van der Waals surface area contributed by atoms with Gasteiger partial charge in [-0.3, -0.25) is 9.59 Å². The summed E-state index contributed by atoms with van der Waals surface area (Å²) in [7, 11) is 0. The molecule has 1 aliphatic heterocycles. The Labute approximate surface area is 167 Å². The van der Waals surface area contributed by atoms with E-state index in [0.717, 1.165) is 25.7 Å². The van der Waals surface area contributed by atoms with Gasteiger partial charge in [-0.2, -0.15) is 13.2 Å². The zero-order chi connectivity index (χ0) is 21.2. The summed E-state index contributed by atoms with van der Waals surface area (Å²) in [4.78, 5) is 28.5. The van der Waals surface area contributed by atoms with Crippen LogP contribution in [0.4, 0.5) is 19.0 Å². The third-order valence-electron chi connectivity index (χ3n) is 6.03. The van der Waals surface area contributed by atoms with E-state index in [9.17, 15) is 22.8 Å². The Balaban J connectivity index is 1.58. The lowest BCUT2D eigenvalue weighted by Crippen LogP contribution is -2.43. The first-order valence-electron chi connectivity index (χ1n) is 10.0. The van der Waals surface area contributed by atoms with Crippen molar-refractivity contribution >= 4 is 17.6 Å². The summed E-state index contributed by atoms with van der Waals surface area (Å²) in [6, 6.07) is 0.784. The summed E-state index contributed by atoms with van der Waals surface area (Å²) in [6.07, 6.45) is 0.819. The Bertz CT molecular complexity index is 747. The maximum Gasteiger partial charge on any atom is 0.408 e. The number of carbonyl (C=O) groups excluding carboxylic acids is 2. The van der Waals surface area contributed by atoms with E-state index in [1.807, 2.05) is 5.32 Å². The van der Waals surface area contributed by atoms with E-state index in [0.29, 0.717) is 11.5 Å². The molecule has 2 fully saturated rings. The average molecular weight is 412 g/mol. The zero-order valence-electron chi connectivity index (χ0n) is 16.3. The highest BCUT2D eigenvalue weighted by molar-refractivity contribution is 5.94. The highest BCUT2D eigenvalue weighted by Gasteiger charge is 2.47. The standard InChI is InChI=1S/C20H27F3N4O2/c1-11-2-4-13(5-3-11)17(24)19(29)27-16-9-12(6-7-25-16)8-14-10-15(20(21,22)23)26-18(14)28/h6-7,9,11,13-15,17H,2-5,8,10,24H2,1H3,(H,26,28)(H,25,27,29)/t11?,13?,14?,15?,17-/m0/s1. The van der Waals surface area contributed by atoms with Gasteiger partial charge in [-0.05, 0) is 55.2 Å². The molecule has 0 radical (unpaired) electrons. The zero-order valence-corrected chi connectivity index (χ0v) is 16.3. The fourth-order valence-corrected chi connectivity index (χ4v) is 4.15. The van der Waals surface area contributed by atoms with Crippen LogP contribution < -0.4 is 16.4 Å². The molecule has 2 heterocycles. The lowest BCUT2D eigenvalue weighted by atomic mass is 9.79. The van der Waals surface area contributed by atoms with Crippen molar-refractivity contribution < 1.29 is 22.8 Å². The number of alkyl halides is 3. The SMILES string of the molecule is CC1CCC([C@H](N)C(=O)Nc2cc(CC3CC(C(F)(F)F)NC3=O)ccn2)CC1. The molecule has 9 heteroatoms. The Kier molecular flexibility index (Phi) is 6.45. The molecule has 0 aromatic carbocycles. The topological polar surface area (TPSA) is 97.1 Å². The number of carbonyl (C=O) groups is 2. The van der Waals surface area contributed by atoms with Gasteiger partial charge in [0.25, 0.3) is 0 Å². The van der Waals surface area contributed by atoms with Gasteiger partial charge in [0.15, 0.2) is 0 Å². The van der Waals surface area contributed by atoms with Gasteiger partial charge in [0, 0.05) is 12.1 Å². The second-order valence-electron chi connectivity index (χ2n) is 8.32. The quantitative estimate of drug-likeness (QED) is 0.693. The van der Waals surface area contributed by atoms with E-state index >= 15 is 0 Å². The molecule has 1 saturated carbocycles. The van der Waals surface area contributed by atoms with Crippen LogP contribution in [0.1, 0.15) is 44.6 Å². The Hall–Kier alpha value is -2.16. The third-order valence-corrected chi connectivity index (χ3v) is 6.03. The highest BCUT2D eigenvalue weighted by Crippen LogP contribution is 2.32. The largest absolute Gasteiger partial charge is 0.408 e. The van der Waals surface area contributed by atoms with Crippen LogP contribution in [0.2, 0.25) is 0 Å². The van der Waals surface area contributed by atoms with Crippen molar-refractivity contribution in [1.29, 1.82) is 0 Å². The van der Waals surface area contributed by atoms with Crippen molar-refractivity contribution in [2.45, 2.75) is 63.7 Å². The average Bonchev–Trinajstić information content (AvgIpc) is 3.03. The summed E-state index contributed by atoms with van der Waals surface area (Å²) >= 11 is 0. The summed E-state index contributed by atoms with van der Waals surface area (Å²) < 4.78 is 38.5. The lowest BCUT2D eigenvalue weighted by molar-refractivity contribution is -0.154. The van der Waals surface area contributed by atoms with E-state index < -0.39 is 30.1 Å². The van der Waals surface area contributed by atoms with Gasteiger partial charge in [0.1, 0.15) is 11.9 Å². The molecular weight excluding hydrogens is 385 g/mol. The molecule has 6 nitrogen and oxygen atoms in total. The second kappa shape index (κ2) is 8.69. The van der Waals surface area contributed by atoms with Crippen LogP contribution in [0, 0.1) is 17.8 Å². The van der Waals surface area contributed by atoms with Gasteiger partial charge in [-0.25, -0.2) is 4.98 Å². The lowest BCUT2D eigenvalue weighted by Gasteiger charge is -2.29. The molecule has 2 amide bonds. The molecular formula is C20H27F3N4O2. The number of nitrogens with two attached hydrogens (primary N) is 1. The number of amides is 2. The van der Waals surface area contributed by atoms with Gasteiger partial charge in [0.2, 0.25) is 11.8 Å². The molecule has 160 valence electrons. The molecule has 1 aliphatic carbocycles. The maximum atomic E-state index is 12.8. The molecule has 3 rings (SSSR count). The fraction of sp³-hybridized carbons (Fsp3) is 0.650. The molecule has 3 atom stereocenters. The second-order valence-corrected chi connectivity index (χ2v) is 8.32. The molecule has 1 saturated heterocycles. The molecule has 4 N–H and O–H groups in total. The summed E-state index contributed by atoms with van der Waals surface area (Å²) in [5, 5.41) is 4.70. The van der Waals surface area contributed by atoms with E-state index in [2.05, 4.69) is 17.2 Å². The number of nitrogens with zero attached hydrogens (tertiary/aromatic N) is 1. The maximum absolute atomic E-state index is 12.8. The van der Waals surface area contributed by atoms with Crippen molar-refractivity contribution in [3.05, 3.63) is 23.9 Å². The molecule has 1 aromatic heterocycles. The molecule has 1 aromatic rings. The molecule has 29 heavy (non-hydrogen) atoms. The molecule has 2 unspecified atom stereocenters. The van der Waals surface area contributed by atoms with Crippen molar-refractivity contribution in [2.24, 2.45) is 23.5 Å². The van der Waals surface area contributed by atoms with E-state index in [4.69, 9.17) is 5.73 Å². The normalized spacial score (nSPS) is 28.7. The molecule has 2 aliphatic rings. The predicted molar refractivity (Wildman–Crippen MR) is 102 cm³/mol. The van der Waals surface area contributed by atoms with Gasteiger partial charge in [-0.15, -0.1) is 0 Å². The summed E-state index contributed by atoms with van der Waals surface area (Å²) in [5.74, 6) is -0.606. The van der Waals surface area contributed by atoms with Crippen molar-refractivity contribution in [3.8, 4) is 0 Å². The van der Waals surface area contributed by atoms with Crippen LogP contribution in [0.3, 0.4) is 0 Å². The first-order chi connectivity index (χ1) is 13.6. The van der Waals surface area contributed by atoms with Crippen LogP contribution in [-0.4, -0.2) is 35.1 Å². The smallest absolute Gasteiger partial charge is 0.344 e. The Morgan fingerprint density at radius 3 is 2.66 bits per heavy atom. The molecule has 0 spiro atoms. The number of hydrogen-bond donors (Lipinski definition) is 3. The van der Waals surface area contributed by atoms with Crippen LogP contribution in [-0.2, 0) is 16.0 Å².